The summed E-state index contributed by atoms with van der Waals surface area (Å²) in [5.41, 5.74) is 4.41. The van der Waals surface area contributed by atoms with E-state index < -0.39 is 0 Å². The van der Waals surface area contributed by atoms with Crippen molar-refractivity contribution in [1.82, 2.24) is 9.47 Å². The topological polar surface area (TPSA) is 61.5 Å². The predicted molar refractivity (Wildman–Crippen MR) is 102 cm³/mol. The van der Waals surface area contributed by atoms with Gasteiger partial charge in [0.2, 0.25) is 0 Å². The summed E-state index contributed by atoms with van der Waals surface area (Å²) in [5, 5.41) is 10.7. The van der Waals surface area contributed by atoms with Gasteiger partial charge in [-0.2, -0.15) is 4.99 Å². The van der Waals surface area contributed by atoms with Crippen LogP contribution in [0.2, 0.25) is 0 Å². The maximum atomic E-state index is 12.4. The Morgan fingerprint density at radius 3 is 2.72 bits per heavy atom. The molecule has 0 saturated heterocycles. The number of fused-ring (bicyclic) bond motifs is 1. The number of rotatable bonds is 2. The maximum absolute atomic E-state index is 12.4. The largest absolute Gasteiger partial charge is 0.318 e. The zero-order valence-corrected chi connectivity index (χ0v) is 14.7. The van der Waals surface area contributed by atoms with Crippen molar-refractivity contribution in [1.29, 1.82) is 5.41 Å². The van der Waals surface area contributed by atoms with Gasteiger partial charge >= 0.3 is 0 Å². The molecule has 4 rings (SSSR count). The highest BCUT2D eigenvalue weighted by Gasteiger charge is 2.31. The quantitative estimate of drug-likeness (QED) is 0.838. The number of thioether (sulfide) groups is 1. The van der Waals surface area contributed by atoms with E-state index in [-0.39, 0.29) is 11.7 Å². The number of amidine groups is 2. The average Bonchev–Trinajstić information content (AvgIpc) is 3.17. The molecule has 3 heterocycles. The lowest BCUT2D eigenvalue weighted by Crippen LogP contribution is -2.35. The second-order valence-corrected chi connectivity index (χ2v) is 6.75. The van der Waals surface area contributed by atoms with Gasteiger partial charge in [0.1, 0.15) is 5.84 Å². The zero-order chi connectivity index (χ0) is 17.6. The Hall–Kier alpha value is -2.86. The van der Waals surface area contributed by atoms with Crippen LogP contribution in [-0.2, 0) is 4.79 Å². The van der Waals surface area contributed by atoms with E-state index in [1.165, 1.54) is 11.8 Å². The summed E-state index contributed by atoms with van der Waals surface area (Å²) in [6.45, 7) is 4.05. The third-order valence-corrected chi connectivity index (χ3v) is 5.05. The molecule has 25 heavy (non-hydrogen) atoms. The Morgan fingerprint density at radius 2 is 1.96 bits per heavy atom. The van der Waals surface area contributed by atoms with Gasteiger partial charge in [0.25, 0.3) is 5.91 Å². The number of aryl methyl sites for hydroxylation is 1. The van der Waals surface area contributed by atoms with Crippen LogP contribution in [0.5, 0.6) is 0 Å². The summed E-state index contributed by atoms with van der Waals surface area (Å²) >= 11 is 1.35. The smallest absolute Gasteiger partial charge is 0.283 e. The van der Waals surface area contributed by atoms with Gasteiger partial charge in [0.05, 0.1) is 5.57 Å². The first kappa shape index (κ1) is 15.7. The number of hydrogen-bond acceptors (Lipinski definition) is 3. The molecular weight excluding hydrogens is 332 g/mol. The third kappa shape index (κ3) is 2.55. The molecule has 0 spiro atoms. The maximum Gasteiger partial charge on any atom is 0.283 e. The second kappa shape index (κ2) is 5.89. The minimum absolute atomic E-state index is 0.167. The minimum atomic E-state index is -0.364. The van der Waals surface area contributed by atoms with Gasteiger partial charge in [0, 0.05) is 23.3 Å². The number of hydrogen-bond donors (Lipinski definition) is 1. The van der Waals surface area contributed by atoms with Crippen LogP contribution in [0.25, 0.3) is 11.8 Å². The molecule has 0 radical (unpaired) electrons. The standard InChI is InChI=1S/C19H16N4OS/c1-12-10-14(13(2)23(12)15-6-4-3-5-7-15)11-16-17(20)22-8-9-25-19(22)21-18(16)24/h3-11,20H,1-2H3/b16-11-,20-17?. The summed E-state index contributed by atoms with van der Waals surface area (Å²) in [6.07, 6.45) is 3.53. The van der Waals surface area contributed by atoms with Gasteiger partial charge in [0.15, 0.2) is 5.17 Å². The number of amides is 1. The molecule has 0 saturated carbocycles. The number of nitrogens with one attached hydrogen (secondary N) is 1. The van der Waals surface area contributed by atoms with Crippen molar-refractivity contribution in [3.8, 4) is 5.69 Å². The summed E-state index contributed by atoms with van der Waals surface area (Å²) < 4.78 is 2.14. The number of aliphatic imine (C=N–C) groups is 1. The van der Waals surface area contributed by atoms with Gasteiger partial charge in [-0.15, -0.1) is 0 Å². The molecule has 2 aromatic rings. The normalized spacial score (nSPS) is 18.1. The first-order valence-corrected chi connectivity index (χ1v) is 8.75. The predicted octanol–water partition coefficient (Wildman–Crippen LogP) is 3.87. The van der Waals surface area contributed by atoms with E-state index in [0.717, 1.165) is 22.6 Å². The molecule has 1 N–H and O–H groups in total. The number of carbonyl (C=O) groups is 1. The van der Waals surface area contributed by atoms with E-state index in [2.05, 4.69) is 9.56 Å². The number of carbonyl (C=O) groups excluding carboxylic acids is 1. The molecule has 5 nitrogen and oxygen atoms in total. The number of aromatic nitrogens is 1. The molecule has 0 unspecified atom stereocenters. The van der Waals surface area contributed by atoms with Crippen LogP contribution in [0.4, 0.5) is 0 Å². The van der Waals surface area contributed by atoms with Gasteiger partial charge < -0.3 is 4.57 Å². The molecule has 2 aliphatic heterocycles. The van der Waals surface area contributed by atoms with Crippen LogP contribution < -0.4 is 0 Å². The second-order valence-electron chi connectivity index (χ2n) is 5.88. The molecule has 2 aliphatic rings. The van der Waals surface area contributed by atoms with Gasteiger partial charge in [-0.05, 0) is 49.1 Å². The van der Waals surface area contributed by atoms with Crippen LogP contribution in [0.15, 0.2) is 58.6 Å². The van der Waals surface area contributed by atoms with E-state index in [1.807, 2.05) is 55.7 Å². The van der Waals surface area contributed by atoms with Gasteiger partial charge in [-0.25, -0.2) is 0 Å². The van der Waals surface area contributed by atoms with Crippen LogP contribution >= 0.6 is 11.8 Å². The minimum Gasteiger partial charge on any atom is -0.318 e. The highest BCUT2D eigenvalue weighted by atomic mass is 32.2. The summed E-state index contributed by atoms with van der Waals surface area (Å²) in [4.78, 5) is 18.1. The molecule has 0 atom stereocenters. The van der Waals surface area contributed by atoms with Crippen molar-refractivity contribution >= 4 is 34.7 Å². The fraction of sp³-hybridized carbons (Fsp3) is 0.105. The molecule has 1 amide bonds. The van der Waals surface area contributed by atoms with Crippen LogP contribution in [0.3, 0.4) is 0 Å². The average molecular weight is 348 g/mol. The van der Waals surface area contributed by atoms with Gasteiger partial charge in [-0.3, -0.25) is 15.1 Å². The zero-order valence-electron chi connectivity index (χ0n) is 13.9. The molecule has 0 fully saturated rings. The first-order chi connectivity index (χ1) is 12.1. The van der Waals surface area contributed by atoms with Crippen LogP contribution in [0.1, 0.15) is 17.0 Å². The summed E-state index contributed by atoms with van der Waals surface area (Å²) in [7, 11) is 0. The van der Waals surface area contributed by atoms with E-state index in [9.17, 15) is 4.79 Å². The lowest BCUT2D eigenvalue weighted by molar-refractivity contribution is -0.114. The number of nitrogens with zero attached hydrogens (tertiary/aromatic N) is 3. The monoisotopic (exact) mass is 348 g/mol. The SMILES string of the molecule is Cc1cc(/C=C2/C(=N)N3C=CSC3=NC2=O)c(C)n1-c1ccccc1. The number of benzene rings is 1. The Morgan fingerprint density at radius 1 is 1.20 bits per heavy atom. The van der Waals surface area contributed by atoms with Gasteiger partial charge in [-0.1, -0.05) is 30.0 Å². The first-order valence-electron chi connectivity index (χ1n) is 7.87. The molecule has 6 heteroatoms. The van der Waals surface area contributed by atoms with E-state index in [1.54, 1.807) is 17.2 Å². The Bertz CT molecular complexity index is 982. The van der Waals surface area contributed by atoms with Crippen LogP contribution in [-0.4, -0.2) is 26.4 Å². The third-order valence-electron chi connectivity index (χ3n) is 4.30. The molecule has 124 valence electrons. The van der Waals surface area contributed by atoms with E-state index in [4.69, 9.17) is 5.41 Å². The van der Waals surface area contributed by atoms with Crippen molar-refractivity contribution in [2.75, 3.05) is 0 Å². The lowest BCUT2D eigenvalue weighted by atomic mass is 10.1. The highest BCUT2D eigenvalue weighted by Crippen LogP contribution is 2.29. The van der Waals surface area contributed by atoms with Crippen molar-refractivity contribution < 1.29 is 4.79 Å². The number of para-hydroxylation sites is 1. The highest BCUT2D eigenvalue weighted by molar-refractivity contribution is 8.16. The fourth-order valence-corrected chi connectivity index (χ4v) is 3.80. The van der Waals surface area contributed by atoms with Crippen molar-refractivity contribution in [3.63, 3.8) is 0 Å². The summed E-state index contributed by atoms with van der Waals surface area (Å²) in [6, 6.07) is 12.1. The van der Waals surface area contributed by atoms with Crippen molar-refractivity contribution in [2.24, 2.45) is 4.99 Å². The van der Waals surface area contributed by atoms with E-state index >= 15 is 0 Å². The fourth-order valence-electron chi connectivity index (χ4n) is 3.09. The van der Waals surface area contributed by atoms with Crippen molar-refractivity contribution in [3.05, 3.63) is 70.5 Å². The summed E-state index contributed by atoms with van der Waals surface area (Å²) in [5.74, 6) is -0.197. The van der Waals surface area contributed by atoms with Crippen molar-refractivity contribution in [2.45, 2.75) is 13.8 Å². The van der Waals surface area contributed by atoms with Crippen LogP contribution in [0, 0.1) is 19.3 Å². The molecule has 1 aromatic carbocycles. The lowest BCUT2D eigenvalue weighted by Gasteiger charge is -2.22. The van der Waals surface area contributed by atoms with E-state index in [0.29, 0.717) is 10.7 Å². The Kier molecular flexibility index (Phi) is 3.69. The Balaban J connectivity index is 1.79. The molecule has 0 bridgehead atoms. The molecule has 1 aromatic heterocycles. The molecule has 0 aliphatic carbocycles. The molecular formula is C19H16N4OS. The Labute approximate surface area is 149 Å².